The van der Waals surface area contributed by atoms with E-state index >= 15 is 0 Å². The van der Waals surface area contributed by atoms with Crippen LogP contribution in [0.4, 0.5) is 0 Å². The van der Waals surface area contributed by atoms with Crippen molar-refractivity contribution in [3.63, 3.8) is 0 Å². The number of carboxylic acid groups (broad SMARTS) is 1. The topological polar surface area (TPSA) is 66.4 Å². The van der Waals surface area contributed by atoms with E-state index in [2.05, 4.69) is 5.32 Å². The largest absolute Gasteiger partial charge is 0.481 e. The van der Waals surface area contributed by atoms with Crippen molar-refractivity contribution in [3.8, 4) is 0 Å². The molecule has 0 bridgehead atoms. The number of carbonyl (C=O) groups is 2. The summed E-state index contributed by atoms with van der Waals surface area (Å²) in [6.45, 7) is 5.20. The van der Waals surface area contributed by atoms with Crippen molar-refractivity contribution in [3.05, 3.63) is 21.9 Å². The highest BCUT2D eigenvalue weighted by Crippen LogP contribution is 2.16. The van der Waals surface area contributed by atoms with E-state index in [0.29, 0.717) is 4.88 Å². The lowest BCUT2D eigenvalue weighted by atomic mass is 9.94. The number of thiophene rings is 1. The van der Waals surface area contributed by atoms with Gasteiger partial charge in [0, 0.05) is 11.4 Å². The fraction of sp³-hybridized carbons (Fsp3) is 0.455. The lowest BCUT2D eigenvalue weighted by Crippen LogP contribution is -2.38. The maximum atomic E-state index is 11.6. The van der Waals surface area contributed by atoms with Crippen LogP contribution < -0.4 is 5.32 Å². The zero-order chi connectivity index (χ0) is 12.3. The van der Waals surface area contributed by atoms with Crippen LogP contribution in [0.5, 0.6) is 0 Å². The van der Waals surface area contributed by atoms with Crippen LogP contribution >= 0.6 is 11.3 Å². The number of hydrogen-bond donors (Lipinski definition) is 2. The first-order chi connectivity index (χ1) is 7.33. The molecule has 0 spiro atoms. The molecule has 5 heteroatoms. The van der Waals surface area contributed by atoms with Crippen LogP contribution in [0.15, 0.2) is 12.1 Å². The Morgan fingerprint density at radius 2 is 2.06 bits per heavy atom. The molecule has 0 saturated heterocycles. The van der Waals surface area contributed by atoms with Gasteiger partial charge in [0.1, 0.15) is 0 Å². The fourth-order valence-corrected chi connectivity index (χ4v) is 1.80. The summed E-state index contributed by atoms with van der Waals surface area (Å²) in [5, 5.41) is 11.5. The SMILES string of the molecule is Cc1ccc(C(=O)NCC(C)(C)C(=O)O)s1. The van der Waals surface area contributed by atoms with E-state index in [1.165, 1.54) is 11.3 Å². The van der Waals surface area contributed by atoms with E-state index in [4.69, 9.17) is 5.11 Å². The summed E-state index contributed by atoms with van der Waals surface area (Å²) >= 11 is 1.40. The van der Waals surface area contributed by atoms with E-state index in [0.717, 1.165) is 4.88 Å². The highest BCUT2D eigenvalue weighted by molar-refractivity contribution is 7.13. The van der Waals surface area contributed by atoms with Gasteiger partial charge in [-0.05, 0) is 32.9 Å². The van der Waals surface area contributed by atoms with Crippen LogP contribution in [0, 0.1) is 12.3 Å². The molecule has 0 radical (unpaired) electrons. The van der Waals surface area contributed by atoms with Crippen molar-refractivity contribution >= 4 is 23.2 Å². The van der Waals surface area contributed by atoms with Gasteiger partial charge in [-0.1, -0.05) is 0 Å². The number of amides is 1. The van der Waals surface area contributed by atoms with Gasteiger partial charge >= 0.3 is 5.97 Å². The zero-order valence-electron chi connectivity index (χ0n) is 9.53. The maximum Gasteiger partial charge on any atom is 0.310 e. The monoisotopic (exact) mass is 241 g/mol. The second-order valence-corrected chi connectivity index (χ2v) is 5.57. The van der Waals surface area contributed by atoms with Gasteiger partial charge in [-0.25, -0.2) is 0 Å². The summed E-state index contributed by atoms with van der Waals surface area (Å²) in [5.41, 5.74) is -0.942. The summed E-state index contributed by atoms with van der Waals surface area (Å²) in [5.74, 6) is -1.14. The normalized spacial score (nSPS) is 11.2. The molecule has 0 aliphatic heterocycles. The van der Waals surface area contributed by atoms with Crippen LogP contribution in [0.1, 0.15) is 28.4 Å². The third-order valence-corrected chi connectivity index (χ3v) is 3.23. The number of aryl methyl sites for hydroxylation is 1. The molecule has 0 saturated carbocycles. The van der Waals surface area contributed by atoms with E-state index in [9.17, 15) is 9.59 Å². The lowest BCUT2D eigenvalue weighted by molar-refractivity contribution is -0.146. The van der Waals surface area contributed by atoms with Crippen LogP contribution in [-0.4, -0.2) is 23.5 Å². The zero-order valence-corrected chi connectivity index (χ0v) is 10.4. The van der Waals surface area contributed by atoms with Crippen LogP contribution in [0.3, 0.4) is 0 Å². The Morgan fingerprint density at radius 3 is 2.50 bits per heavy atom. The van der Waals surface area contributed by atoms with Crippen LogP contribution in [-0.2, 0) is 4.79 Å². The Morgan fingerprint density at radius 1 is 1.44 bits per heavy atom. The summed E-state index contributed by atoms with van der Waals surface area (Å²) in [4.78, 5) is 24.1. The molecule has 4 nitrogen and oxygen atoms in total. The van der Waals surface area contributed by atoms with E-state index < -0.39 is 11.4 Å². The summed E-state index contributed by atoms with van der Waals surface area (Å²) in [7, 11) is 0. The smallest absolute Gasteiger partial charge is 0.310 e. The Bertz CT molecular complexity index is 409. The number of carbonyl (C=O) groups excluding carboxylic acids is 1. The first-order valence-corrected chi connectivity index (χ1v) is 5.72. The molecule has 1 rings (SSSR count). The van der Waals surface area contributed by atoms with E-state index in [1.54, 1.807) is 19.9 Å². The van der Waals surface area contributed by atoms with Gasteiger partial charge in [-0.15, -0.1) is 11.3 Å². The molecule has 16 heavy (non-hydrogen) atoms. The average Bonchev–Trinajstić information content (AvgIpc) is 2.61. The molecule has 1 aromatic heterocycles. The van der Waals surface area contributed by atoms with Gasteiger partial charge in [0.2, 0.25) is 0 Å². The second kappa shape index (κ2) is 4.65. The van der Waals surface area contributed by atoms with Crippen molar-refractivity contribution in [2.75, 3.05) is 6.54 Å². The molecular weight excluding hydrogens is 226 g/mol. The molecule has 0 unspecified atom stereocenters. The highest BCUT2D eigenvalue weighted by Gasteiger charge is 2.27. The summed E-state index contributed by atoms with van der Waals surface area (Å²) in [6, 6.07) is 3.60. The number of carboxylic acids is 1. The average molecular weight is 241 g/mol. The molecule has 88 valence electrons. The van der Waals surface area contributed by atoms with Crippen molar-refractivity contribution in [1.82, 2.24) is 5.32 Å². The van der Waals surface area contributed by atoms with Crippen LogP contribution in [0.2, 0.25) is 0 Å². The Kier molecular flexibility index (Phi) is 3.70. The van der Waals surface area contributed by atoms with Crippen molar-refractivity contribution in [1.29, 1.82) is 0 Å². The molecular formula is C11H15NO3S. The minimum Gasteiger partial charge on any atom is -0.481 e. The third-order valence-electron chi connectivity index (χ3n) is 2.23. The molecule has 1 amide bonds. The van der Waals surface area contributed by atoms with Gasteiger partial charge in [0.25, 0.3) is 5.91 Å². The first-order valence-electron chi connectivity index (χ1n) is 4.91. The summed E-state index contributed by atoms with van der Waals surface area (Å²) in [6.07, 6.45) is 0. The van der Waals surface area contributed by atoms with Gasteiger partial charge in [-0.2, -0.15) is 0 Å². The van der Waals surface area contributed by atoms with Gasteiger partial charge < -0.3 is 10.4 Å². The van der Waals surface area contributed by atoms with Crippen molar-refractivity contribution in [2.45, 2.75) is 20.8 Å². The number of rotatable bonds is 4. The number of hydrogen-bond acceptors (Lipinski definition) is 3. The molecule has 0 aliphatic rings. The number of nitrogens with one attached hydrogen (secondary N) is 1. The van der Waals surface area contributed by atoms with E-state index in [-0.39, 0.29) is 12.5 Å². The predicted molar refractivity (Wildman–Crippen MR) is 62.8 cm³/mol. The highest BCUT2D eigenvalue weighted by atomic mass is 32.1. The fourth-order valence-electron chi connectivity index (χ4n) is 1.02. The van der Waals surface area contributed by atoms with Gasteiger partial charge in [0.05, 0.1) is 10.3 Å². The standard InChI is InChI=1S/C11H15NO3S/c1-7-4-5-8(16-7)9(13)12-6-11(2,3)10(14)15/h4-5H,6H2,1-3H3,(H,12,13)(H,14,15). The second-order valence-electron chi connectivity index (χ2n) is 4.28. The quantitative estimate of drug-likeness (QED) is 0.846. The van der Waals surface area contributed by atoms with Crippen molar-refractivity contribution < 1.29 is 14.7 Å². The summed E-state index contributed by atoms with van der Waals surface area (Å²) < 4.78 is 0. The molecule has 0 aromatic carbocycles. The van der Waals surface area contributed by atoms with E-state index in [1.807, 2.05) is 13.0 Å². The van der Waals surface area contributed by atoms with Crippen LogP contribution in [0.25, 0.3) is 0 Å². The third kappa shape index (κ3) is 3.06. The minimum absolute atomic E-state index is 0.123. The Hall–Kier alpha value is -1.36. The molecule has 0 fully saturated rings. The lowest BCUT2D eigenvalue weighted by Gasteiger charge is -2.19. The first kappa shape index (κ1) is 12.7. The molecule has 2 N–H and O–H groups in total. The number of aliphatic carboxylic acids is 1. The Balaban J connectivity index is 2.57. The molecule has 1 heterocycles. The molecule has 1 aromatic rings. The minimum atomic E-state index is -0.942. The Labute approximate surface area is 98.3 Å². The molecule has 0 atom stereocenters. The van der Waals surface area contributed by atoms with Gasteiger partial charge in [0.15, 0.2) is 0 Å². The maximum absolute atomic E-state index is 11.6. The van der Waals surface area contributed by atoms with Crippen molar-refractivity contribution in [2.24, 2.45) is 5.41 Å². The predicted octanol–water partition coefficient (Wildman–Crippen LogP) is 1.90. The van der Waals surface area contributed by atoms with Gasteiger partial charge in [-0.3, -0.25) is 9.59 Å². The molecule has 0 aliphatic carbocycles.